The molecule has 1 aliphatic rings. The molecule has 398 valence electrons. The number of hydrogen-bond acceptors (Lipinski definition) is 14. The monoisotopic (exact) mass is 971 g/mol. The molecule has 15 nitrogen and oxygen atoms in total. The third-order valence-electron chi connectivity index (χ3n) is 12.3. The summed E-state index contributed by atoms with van der Waals surface area (Å²) in [6.07, 6.45) is 20.5. The molecule has 0 unspecified atom stereocenters. The van der Waals surface area contributed by atoms with Crippen molar-refractivity contribution in [2.75, 3.05) is 87.1 Å². The second kappa shape index (κ2) is 42.8. The first kappa shape index (κ1) is 63.0. The van der Waals surface area contributed by atoms with Crippen LogP contribution in [0.15, 0.2) is 0 Å². The van der Waals surface area contributed by atoms with Gasteiger partial charge in [0.2, 0.25) is 0 Å². The minimum Gasteiger partial charge on any atom is -0.465 e. The van der Waals surface area contributed by atoms with E-state index in [1.54, 1.807) is 7.05 Å². The van der Waals surface area contributed by atoms with E-state index in [0.29, 0.717) is 51.6 Å². The number of rotatable bonds is 45. The van der Waals surface area contributed by atoms with E-state index in [1.165, 1.54) is 4.90 Å². The van der Waals surface area contributed by atoms with E-state index >= 15 is 0 Å². The summed E-state index contributed by atoms with van der Waals surface area (Å²) in [7, 11) is 5.56. The van der Waals surface area contributed by atoms with Crippen LogP contribution in [-0.4, -0.2) is 145 Å². The van der Waals surface area contributed by atoms with Crippen LogP contribution in [0.1, 0.15) is 195 Å². The number of nitrogens with zero attached hydrogens (tertiary/aromatic N) is 2. The van der Waals surface area contributed by atoms with Crippen molar-refractivity contribution in [3.8, 4) is 0 Å². The van der Waals surface area contributed by atoms with Gasteiger partial charge in [0, 0.05) is 70.9 Å². The van der Waals surface area contributed by atoms with Gasteiger partial charge in [-0.05, 0) is 52.6 Å². The first-order valence-electron chi connectivity index (χ1n) is 26.9. The van der Waals surface area contributed by atoms with Crippen LogP contribution in [0.5, 0.6) is 0 Å². The molecular formula is C53H98N2O13. The van der Waals surface area contributed by atoms with Crippen molar-refractivity contribution in [1.82, 2.24) is 9.80 Å². The minimum absolute atomic E-state index is 0.0593. The summed E-state index contributed by atoms with van der Waals surface area (Å²) in [5.41, 5.74) is 0. The molecule has 0 radical (unpaired) electrons. The smallest absolute Gasteiger partial charge is 0.409 e. The lowest BCUT2D eigenvalue weighted by Gasteiger charge is -2.26. The fourth-order valence-electron chi connectivity index (χ4n) is 7.66. The molecule has 0 aromatic rings. The van der Waals surface area contributed by atoms with Gasteiger partial charge >= 0.3 is 30.0 Å². The number of carbonyl (C=O) groups excluding carboxylic acids is 5. The Balaban J connectivity index is 3.07. The van der Waals surface area contributed by atoms with Crippen LogP contribution in [-0.2, 0) is 57.1 Å². The second-order valence-corrected chi connectivity index (χ2v) is 19.1. The Morgan fingerprint density at radius 3 is 1.22 bits per heavy atom. The Kier molecular flexibility index (Phi) is 39.7. The van der Waals surface area contributed by atoms with Crippen LogP contribution in [0.25, 0.3) is 0 Å². The van der Waals surface area contributed by atoms with Crippen LogP contribution in [0.2, 0.25) is 0 Å². The Bertz CT molecular complexity index is 1230. The Morgan fingerprint density at radius 1 is 0.485 bits per heavy atom. The van der Waals surface area contributed by atoms with Gasteiger partial charge in [-0.2, -0.15) is 0 Å². The maximum atomic E-state index is 13.0. The maximum Gasteiger partial charge on any atom is 0.409 e. The number of unbranched alkanes of at least 4 members (excludes halogenated alkanes) is 16. The number of esters is 4. The average Bonchev–Trinajstić information content (AvgIpc) is 3.71. The van der Waals surface area contributed by atoms with E-state index in [0.717, 1.165) is 128 Å². The third-order valence-corrected chi connectivity index (χ3v) is 12.3. The molecule has 1 fully saturated rings. The fraction of sp³-hybridized carbons (Fsp3) is 0.906. The Morgan fingerprint density at radius 2 is 0.853 bits per heavy atom. The molecule has 68 heavy (non-hydrogen) atoms. The molecule has 0 spiro atoms. The van der Waals surface area contributed by atoms with E-state index in [2.05, 4.69) is 27.7 Å². The number of hydrogen-bond donors (Lipinski definition) is 0. The molecule has 1 heterocycles. The van der Waals surface area contributed by atoms with Gasteiger partial charge in [-0.3, -0.25) is 19.2 Å². The highest BCUT2D eigenvalue weighted by molar-refractivity contribution is 5.70. The van der Waals surface area contributed by atoms with Crippen LogP contribution in [0, 0.1) is 11.8 Å². The van der Waals surface area contributed by atoms with Crippen LogP contribution in [0.4, 0.5) is 4.79 Å². The zero-order valence-corrected chi connectivity index (χ0v) is 44.0. The van der Waals surface area contributed by atoms with Crippen molar-refractivity contribution < 1.29 is 61.9 Å². The van der Waals surface area contributed by atoms with Crippen molar-refractivity contribution in [1.29, 1.82) is 0 Å². The summed E-state index contributed by atoms with van der Waals surface area (Å²) >= 11 is 0. The summed E-state index contributed by atoms with van der Waals surface area (Å²) < 4.78 is 47.6. The van der Waals surface area contributed by atoms with Gasteiger partial charge in [0.15, 0.2) is 0 Å². The summed E-state index contributed by atoms with van der Waals surface area (Å²) in [5.74, 6) is -1.63. The molecule has 1 aliphatic heterocycles. The third kappa shape index (κ3) is 34.3. The molecule has 15 heteroatoms. The molecule has 0 aromatic carbocycles. The van der Waals surface area contributed by atoms with Gasteiger partial charge in [-0.25, -0.2) is 4.79 Å². The molecule has 0 aliphatic carbocycles. The fourth-order valence-corrected chi connectivity index (χ4v) is 7.66. The largest absolute Gasteiger partial charge is 0.465 e. The first-order valence-corrected chi connectivity index (χ1v) is 26.9. The molecule has 0 bridgehead atoms. The number of ether oxygens (including phenoxy) is 8. The Labute approximate surface area is 412 Å². The SMILES string of the molecule is CCCCCCCC(=O)OCC(CCO[C@@H]1[C@@H](OCCC(COC(=O)CCCCCCC)COC(=O)CCCCCCC)CO[C@@H]1COC(=O)N(C)CCN(C)C)COC(=O)CCCCCCC. The van der Waals surface area contributed by atoms with Crippen molar-refractivity contribution >= 4 is 30.0 Å². The zero-order valence-electron chi connectivity index (χ0n) is 44.0. The normalized spacial score (nSPS) is 15.8. The molecule has 0 N–H and O–H groups in total. The quantitative estimate of drug-likeness (QED) is 0.0321. The van der Waals surface area contributed by atoms with Crippen molar-refractivity contribution in [3.05, 3.63) is 0 Å². The highest BCUT2D eigenvalue weighted by Crippen LogP contribution is 2.24. The average molecular weight is 971 g/mol. The molecular weight excluding hydrogens is 873 g/mol. The van der Waals surface area contributed by atoms with E-state index in [1.807, 2.05) is 19.0 Å². The second-order valence-electron chi connectivity index (χ2n) is 19.1. The van der Waals surface area contributed by atoms with Crippen LogP contribution < -0.4 is 0 Å². The molecule has 0 saturated carbocycles. The molecule has 1 amide bonds. The standard InChI is InChI=1S/C53H98N2O13/c1-8-12-16-20-24-28-48(56)64-38-44(39-65-49(57)29-25-21-17-13-9-2)32-36-61-46-42-63-47(43-68-53(60)55(7)35-34-54(5)6)52(46)62-37-33-45(40-66-50(58)30-26-22-18-14-10-3)41-67-51(59)31-27-23-19-15-11-4/h44-47,52H,8-43H2,1-7H3/t46-,47+,52+/m0/s1. The molecule has 3 atom stereocenters. The topological polar surface area (TPSA) is 166 Å². The van der Waals surface area contributed by atoms with Crippen molar-refractivity contribution in [3.63, 3.8) is 0 Å². The lowest BCUT2D eigenvalue weighted by atomic mass is 10.1. The predicted octanol–water partition coefficient (Wildman–Crippen LogP) is 10.4. The summed E-state index contributed by atoms with van der Waals surface area (Å²) in [6.45, 7) is 10.8. The summed E-state index contributed by atoms with van der Waals surface area (Å²) in [4.78, 5) is 67.3. The highest BCUT2D eigenvalue weighted by Gasteiger charge is 2.40. The number of carbonyl (C=O) groups is 5. The van der Waals surface area contributed by atoms with E-state index < -0.39 is 24.4 Å². The van der Waals surface area contributed by atoms with E-state index in [-0.39, 0.29) is 88.6 Å². The van der Waals surface area contributed by atoms with Gasteiger partial charge in [0.05, 0.1) is 33.0 Å². The predicted molar refractivity (Wildman–Crippen MR) is 265 cm³/mol. The summed E-state index contributed by atoms with van der Waals surface area (Å²) in [5, 5.41) is 0. The van der Waals surface area contributed by atoms with E-state index in [9.17, 15) is 24.0 Å². The van der Waals surface area contributed by atoms with Gasteiger partial charge in [-0.1, -0.05) is 130 Å². The van der Waals surface area contributed by atoms with Crippen molar-refractivity contribution in [2.24, 2.45) is 11.8 Å². The lowest BCUT2D eigenvalue weighted by Crippen LogP contribution is -2.40. The maximum absolute atomic E-state index is 13.0. The molecule has 0 aromatic heterocycles. The van der Waals surface area contributed by atoms with Crippen LogP contribution in [0.3, 0.4) is 0 Å². The number of amides is 1. The van der Waals surface area contributed by atoms with E-state index in [4.69, 9.17) is 37.9 Å². The molecule has 1 rings (SSSR count). The first-order chi connectivity index (χ1) is 32.9. The van der Waals surface area contributed by atoms with Gasteiger partial charge in [0.1, 0.15) is 24.9 Å². The Hall–Kier alpha value is -3.01. The van der Waals surface area contributed by atoms with Gasteiger partial charge < -0.3 is 47.7 Å². The van der Waals surface area contributed by atoms with Gasteiger partial charge in [-0.15, -0.1) is 0 Å². The zero-order chi connectivity index (χ0) is 50.0. The number of likely N-dealkylation sites (N-methyl/N-ethyl adjacent to an activating group) is 2. The molecule has 1 saturated heterocycles. The van der Waals surface area contributed by atoms with Crippen molar-refractivity contribution in [2.45, 2.75) is 213 Å². The van der Waals surface area contributed by atoms with Gasteiger partial charge in [0.25, 0.3) is 0 Å². The minimum atomic E-state index is -0.631. The lowest BCUT2D eigenvalue weighted by molar-refractivity contribution is -0.152. The highest BCUT2D eigenvalue weighted by atomic mass is 16.6. The summed E-state index contributed by atoms with van der Waals surface area (Å²) in [6, 6.07) is 0. The van der Waals surface area contributed by atoms with Crippen LogP contribution >= 0.6 is 0 Å².